The number of anilines is 1. The van der Waals surface area contributed by atoms with Gasteiger partial charge in [0.25, 0.3) is 10.0 Å². The number of aryl methyl sites for hydroxylation is 3. The number of nitrogens with zero attached hydrogens (tertiary/aromatic N) is 2. The summed E-state index contributed by atoms with van der Waals surface area (Å²) in [5.41, 5.74) is 4.19. The molecule has 0 aliphatic heterocycles. The Balaban J connectivity index is 1.86. The number of sulfonamides is 1. The molecule has 4 rings (SSSR count). The van der Waals surface area contributed by atoms with Crippen molar-refractivity contribution >= 4 is 50.7 Å². The molecule has 0 fully saturated rings. The molecule has 4 aromatic rings. The first-order chi connectivity index (χ1) is 22.3. The van der Waals surface area contributed by atoms with Crippen LogP contribution in [0.15, 0.2) is 95.9 Å². The van der Waals surface area contributed by atoms with Crippen LogP contribution in [0.1, 0.15) is 41.7 Å². The lowest BCUT2D eigenvalue weighted by Gasteiger charge is -2.34. The van der Waals surface area contributed by atoms with E-state index in [4.69, 9.17) is 23.2 Å². The monoisotopic (exact) mass is 693 g/mol. The van der Waals surface area contributed by atoms with Gasteiger partial charge in [-0.2, -0.15) is 0 Å². The van der Waals surface area contributed by atoms with Crippen molar-refractivity contribution in [1.82, 2.24) is 10.2 Å². The van der Waals surface area contributed by atoms with Gasteiger partial charge in [-0.25, -0.2) is 8.42 Å². The Morgan fingerprint density at radius 3 is 2.02 bits per heavy atom. The largest absolute Gasteiger partial charge is 0.354 e. The fourth-order valence-electron chi connectivity index (χ4n) is 5.27. The summed E-state index contributed by atoms with van der Waals surface area (Å²) in [6.07, 6.45) is 0.187. The third-order valence-electron chi connectivity index (χ3n) is 7.85. The molecule has 10 heteroatoms. The van der Waals surface area contributed by atoms with Crippen LogP contribution in [-0.4, -0.2) is 44.3 Å². The van der Waals surface area contributed by atoms with Gasteiger partial charge < -0.3 is 10.2 Å². The molecule has 7 nitrogen and oxygen atoms in total. The Hall–Kier alpha value is -3.85. The van der Waals surface area contributed by atoms with Crippen molar-refractivity contribution in [2.45, 2.75) is 58.5 Å². The Kier molecular flexibility index (Phi) is 12.1. The zero-order valence-corrected chi connectivity index (χ0v) is 29.7. The topological polar surface area (TPSA) is 86.8 Å². The maximum atomic E-state index is 14.7. The van der Waals surface area contributed by atoms with Gasteiger partial charge >= 0.3 is 0 Å². The molecule has 0 aliphatic rings. The normalized spacial score (nSPS) is 12.1. The summed E-state index contributed by atoms with van der Waals surface area (Å²) < 4.78 is 29.8. The van der Waals surface area contributed by atoms with Gasteiger partial charge in [-0.05, 0) is 68.1 Å². The molecule has 0 unspecified atom stereocenters. The molecule has 0 aromatic heterocycles. The lowest BCUT2D eigenvalue weighted by molar-refractivity contribution is -0.140. The standard InChI is InChI=1S/C37H41Cl2N3O4S/c1-25(2)22-40-37(44)35(21-29-10-7-6-8-11-29)41(23-31-32(38)12-9-13-33(31)39)36(43)24-42(34-19-16-27(4)20-28(34)5)47(45,46)30-17-14-26(3)15-18-30/h6-20,25,35H,21-24H2,1-5H3,(H,40,44)/t35-/m0/s1. The molecule has 0 saturated carbocycles. The van der Waals surface area contributed by atoms with E-state index in [0.717, 1.165) is 21.0 Å². The van der Waals surface area contributed by atoms with Gasteiger partial charge in [0.2, 0.25) is 11.8 Å². The van der Waals surface area contributed by atoms with Crippen LogP contribution < -0.4 is 9.62 Å². The second-order valence-corrected chi connectivity index (χ2v) is 14.9. The molecule has 47 heavy (non-hydrogen) atoms. The molecule has 1 atom stereocenters. The van der Waals surface area contributed by atoms with Crippen LogP contribution in [0.2, 0.25) is 10.0 Å². The number of hydrogen-bond acceptors (Lipinski definition) is 4. The summed E-state index contributed by atoms with van der Waals surface area (Å²) >= 11 is 13.2. The van der Waals surface area contributed by atoms with Crippen molar-refractivity contribution in [3.8, 4) is 0 Å². The molecule has 0 heterocycles. The second-order valence-electron chi connectivity index (χ2n) is 12.2. The Bertz CT molecular complexity index is 1790. The van der Waals surface area contributed by atoms with Crippen LogP contribution in [0.25, 0.3) is 0 Å². The third-order valence-corrected chi connectivity index (χ3v) is 10.3. The Morgan fingerprint density at radius 2 is 1.43 bits per heavy atom. The van der Waals surface area contributed by atoms with Crippen LogP contribution in [-0.2, 0) is 32.6 Å². The molecule has 2 amide bonds. The number of carbonyl (C=O) groups excluding carboxylic acids is 2. The van der Waals surface area contributed by atoms with Crippen molar-refractivity contribution in [3.05, 3.63) is 129 Å². The first kappa shape index (κ1) is 36.0. The van der Waals surface area contributed by atoms with Crippen LogP contribution >= 0.6 is 23.2 Å². The van der Waals surface area contributed by atoms with Crippen molar-refractivity contribution < 1.29 is 18.0 Å². The molecule has 248 valence electrons. The quantitative estimate of drug-likeness (QED) is 0.157. The summed E-state index contributed by atoms with van der Waals surface area (Å²) in [6.45, 7) is 9.28. The summed E-state index contributed by atoms with van der Waals surface area (Å²) in [5.74, 6) is -0.783. The summed E-state index contributed by atoms with van der Waals surface area (Å²) in [7, 11) is -4.22. The van der Waals surface area contributed by atoms with E-state index < -0.39 is 28.5 Å². The highest BCUT2D eigenvalue weighted by Gasteiger charge is 2.35. The number of hydrogen-bond donors (Lipinski definition) is 1. The lowest BCUT2D eigenvalue weighted by Crippen LogP contribution is -2.54. The van der Waals surface area contributed by atoms with Crippen LogP contribution in [0.3, 0.4) is 0 Å². The molecular weight excluding hydrogens is 653 g/mol. The number of rotatable bonds is 13. The number of carbonyl (C=O) groups is 2. The zero-order valence-electron chi connectivity index (χ0n) is 27.3. The predicted octanol–water partition coefficient (Wildman–Crippen LogP) is 7.53. The fourth-order valence-corrected chi connectivity index (χ4v) is 7.26. The highest BCUT2D eigenvalue weighted by Crippen LogP contribution is 2.30. The summed E-state index contributed by atoms with van der Waals surface area (Å²) in [6, 6.07) is 25.3. The van der Waals surface area contributed by atoms with Gasteiger partial charge in [0.05, 0.1) is 10.6 Å². The van der Waals surface area contributed by atoms with Gasteiger partial charge in [-0.15, -0.1) is 0 Å². The van der Waals surface area contributed by atoms with E-state index in [0.29, 0.717) is 33.4 Å². The minimum Gasteiger partial charge on any atom is -0.354 e. The zero-order chi connectivity index (χ0) is 34.3. The van der Waals surface area contributed by atoms with Crippen LogP contribution in [0, 0.1) is 26.7 Å². The average molecular weight is 695 g/mol. The summed E-state index contributed by atoms with van der Waals surface area (Å²) in [5, 5.41) is 3.64. The number of benzene rings is 4. The van der Waals surface area contributed by atoms with Crippen molar-refractivity contribution in [3.63, 3.8) is 0 Å². The average Bonchev–Trinajstić information content (AvgIpc) is 3.02. The number of halogens is 2. The molecule has 0 bridgehead atoms. The third kappa shape index (κ3) is 9.15. The van der Waals surface area contributed by atoms with Crippen LogP contribution in [0.5, 0.6) is 0 Å². The summed E-state index contributed by atoms with van der Waals surface area (Å²) in [4.78, 5) is 30.1. The second kappa shape index (κ2) is 15.8. The lowest BCUT2D eigenvalue weighted by atomic mass is 10.0. The van der Waals surface area contributed by atoms with Crippen molar-refractivity contribution in [2.75, 3.05) is 17.4 Å². The molecule has 0 saturated heterocycles. The van der Waals surface area contributed by atoms with Crippen LogP contribution in [0.4, 0.5) is 5.69 Å². The molecule has 0 aliphatic carbocycles. The highest BCUT2D eigenvalue weighted by molar-refractivity contribution is 7.92. The minimum absolute atomic E-state index is 0.0482. The van der Waals surface area contributed by atoms with Gasteiger partial charge in [0.1, 0.15) is 12.6 Å². The predicted molar refractivity (Wildman–Crippen MR) is 190 cm³/mol. The fraction of sp³-hybridized carbons (Fsp3) is 0.297. The maximum Gasteiger partial charge on any atom is 0.264 e. The minimum atomic E-state index is -4.22. The highest BCUT2D eigenvalue weighted by atomic mass is 35.5. The maximum absolute atomic E-state index is 14.7. The molecule has 0 radical (unpaired) electrons. The van der Waals surface area contributed by atoms with E-state index >= 15 is 0 Å². The molecule has 0 spiro atoms. The number of nitrogens with one attached hydrogen (secondary N) is 1. The Morgan fingerprint density at radius 1 is 0.809 bits per heavy atom. The van der Waals surface area contributed by atoms with Crippen molar-refractivity contribution in [2.24, 2.45) is 5.92 Å². The molecular formula is C37H41Cl2N3O4S. The smallest absolute Gasteiger partial charge is 0.264 e. The van der Waals surface area contributed by atoms with E-state index in [-0.39, 0.29) is 29.7 Å². The van der Waals surface area contributed by atoms with Gasteiger partial charge in [-0.1, -0.05) is 109 Å². The number of amides is 2. The first-order valence-corrected chi connectivity index (χ1v) is 17.7. The van der Waals surface area contributed by atoms with Gasteiger partial charge in [0, 0.05) is 35.1 Å². The molecule has 1 N–H and O–H groups in total. The van der Waals surface area contributed by atoms with E-state index in [9.17, 15) is 18.0 Å². The van der Waals surface area contributed by atoms with Gasteiger partial charge in [-0.3, -0.25) is 13.9 Å². The van der Waals surface area contributed by atoms with E-state index in [1.807, 2.05) is 77.1 Å². The van der Waals surface area contributed by atoms with E-state index in [2.05, 4.69) is 5.32 Å². The van der Waals surface area contributed by atoms with E-state index in [1.165, 1.54) is 17.0 Å². The first-order valence-electron chi connectivity index (χ1n) is 15.5. The van der Waals surface area contributed by atoms with Gasteiger partial charge in [0.15, 0.2) is 0 Å². The van der Waals surface area contributed by atoms with E-state index in [1.54, 1.807) is 36.4 Å². The van der Waals surface area contributed by atoms with Crippen molar-refractivity contribution in [1.29, 1.82) is 0 Å². The SMILES string of the molecule is Cc1ccc(S(=O)(=O)N(CC(=O)N(Cc2c(Cl)cccc2Cl)[C@@H](Cc2ccccc2)C(=O)NCC(C)C)c2ccc(C)cc2C)cc1. The molecule has 4 aromatic carbocycles. The Labute approximate surface area is 288 Å².